The Morgan fingerprint density at radius 1 is 1.16 bits per heavy atom. The van der Waals surface area contributed by atoms with Crippen molar-refractivity contribution in [2.45, 2.75) is 31.7 Å². The van der Waals surface area contributed by atoms with Gasteiger partial charge in [0, 0.05) is 4.47 Å². The van der Waals surface area contributed by atoms with Crippen LogP contribution in [0.3, 0.4) is 0 Å². The van der Waals surface area contributed by atoms with Crippen LogP contribution in [0, 0.1) is 0 Å². The standard InChI is InChI=1S/C20H20BrNO3/c1-12(13-3-7-18-19(11-13)25-9-8-24-18)20(23)22-17-6-2-14-10-15(21)4-5-16(14)17/h3-5,7,10-12,17H,2,6,8-9H2,1H3,(H,22,23). The SMILES string of the molecule is CC(C(=O)NC1CCc2cc(Br)ccc21)c1ccc2c(c1)OCCO2. The van der Waals surface area contributed by atoms with E-state index in [0.717, 1.165) is 34.4 Å². The molecule has 1 aliphatic carbocycles. The van der Waals surface area contributed by atoms with Gasteiger partial charge in [0.1, 0.15) is 13.2 Å². The highest BCUT2D eigenvalue weighted by atomic mass is 79.9. The lowest BCUT2D eigenvalue weighted by molar-refractivity contribution is -0.123. The molecule has 0 spiro atoms. The number of halogens is 1. The summed E-state index contributed by atoms with van der Waals surface area (Å²) in [7, 11) is 0. The molecule has 0 saturated carbocycles. The van der Waals surface area contributed by atoms with Crippen molar-refractivity contribution in [1.82, 2.24) is 5.32 Å². The van der Waals surface area contributed by atoms with Crippen LogP contribution >= 0.6 is 15.9 Å². The second-order valence-corrected chi connectivity index (χ2v) is 7.48. The van der Waals surface area contributed by atoms with Gasteiger partial charge in [0.15, 0.2) is 11.5 Å². The molecule has 1 amide bonds. The number of benzene rings is 2. The van der Waals surface area contributed by atoms with E-state index in [2.05, 4.69) is 33.4 Å². The van der Waals surface area contributed by atoms with Gasteiger partial charge in [-0.3, -0.25) is 4.79 Å². The van der Waals surface area contributed by atoms with Crippen molar-refractivity contribution in [2.75, 3.05) is 13.2 Å². The van der Waals surface area contributed by atoms with E-state index in [-0.39, 0.29) is 17.9 Å². The molecular formula is C20H20BrNO3. The highest BCUT2D eigenvalue weighted by molar-refractivity contribution is 9.10. The van der Waals surface area contributed by atoms with Crippen LogP contribution < -0.4 is 14.8 Å². The number of nitrogens with one attached hydrogen (secondary N) is 1. The summed E-state index contributed by atoms with van der Waals surface area (Å²) in [6, 6.07) is 12.1. The van der Waals surface area contributed by atoms with E-state index in [4.69, 9.17) is 9.47 Å². The van der Waals surface area contributed by atoms with E-state index >= 15 is 0 Å². The quantitative estimate of drug-likeness (QED) is 0.840. The van der Waals surface area contributed by atoms with Crippen molar-refractivity contribution >= 4 is 21.8 Å². The molecule has 1 heterocycles. The van der Waals surface area contributed by atoms with Crippen molar-refractivity contribution in [3.05, 3.63) is 57.6 Å². The van der Waals surface area contributed by atoms with E-state index in [1.807, 2.05) is 31.2 Å². The van der Waals surface area contributed by atoms with Gasteiger partial charge in [-0.2, -0.15) is 0 Å². The highest BCUT2D eigenvalue weighted by Gasteiger charge is 2.27. The van der Waals surface area contributed by atoms with Gasteiger partial charge >= 0.3 is 0 Å². The molecule has 5 heteroatoms. The van der Waals surface area contributed by atoms with Crippen LogP contribution in [-0.2, 0) is 11.2 Å². The van der Waals surface area contributed by atoms with E-state index in [1.54, 1.807) is 0 Å². The number of hydrogen-bond acceptors (Lipinski definition) is 3. The van der Waals surface area contributed by atoms with Crippen molar-refractivity contribution < 1.29 is 14.3 Å². The largest absolute Gasteiger partial charge is 0.486 e. The predicted molar refractivity (Wildman–Crippen MR) is 99.2 cm³/mol. The van der Waals surface area contributed by atoms with E-state index in [9.17, 15) is 4.79 Å². The Hall–Kier alpha value is -2.01. The zero-order valence-electron chi connectivity index (χ0n) is 14.0. The summed E-state index contributed by atoms with van der Waals surface area (Å²) in [5, 5.41) is 3.21. The Morgan fingerprint density at radius 2 is 1.96 bits per heavy atom. The van der Waals surface area contributed by atoms with Gasteiger partial charge < -0.3 is 14.8 Å². The van der Waals surface area contributed by atoms with Crippen molar-refractivity contribution in [3.63, 3.8) is 0 Å². The molecule has 0 saturated heterocycles. The third-order valence-electron chi connectivity index (χ3n) is 4.96. The van der Waals surface area contributed by atoms with Crippen molar-refractivity contribution in [3.8, 4) is 11.5 Å². The second kappa shape index (κ2) is 6.71. The first kappa shape index (κ1) is 16.5. The molecule has 2 aromatic carbocycles. The number of carbonyl (C=O) groups excluding carboxylic acids is 1. The molecule has 0 aromatic heterocycles. The van der Waals surface area contributed by atoms with E-state index < -0.39 is 0 Å². The summed E-state index contributed by atoms with van der Waals surface area (Å²) in [4.78, 5) is 12.8. The molecular weight excluding hydrogens is 382 g/mol. The molecule has 2 atom stereocenters. The Bertz CT molecular complexity index is 821. The summed E-state index contributed by atoms with van der Waals surface area (Å²) >= 11 is 3.51. The fourth-order valence-electron chi connectivity index (χ4n) is 3.51. The Labute approximate surface area is 155 Å². The van der Waals surface area contributed by atoms with Crippen LogP contribution in [0.15, 0.2) is 40.9 Å². The minimum Gasteiger partial charge on any atom is -0.486 e. The van der Waals surface area contributed by atoms with Gasteiger partial charge in [0.2, 0.25) is 5.91 Å². The van der Waals surface area contributed by atoms with Crippen LogP contribution in [0.1, 0.15) is 42.0 Å². The molecule has 130 valence electrons. The normalized spacial score (nSPS) is 19.2. The first-order chi connectivity index (χ1) is 12.1. The molecule has 0 fully saturated rings. The molecule has 4 nitrogen and oxygen atoms in total. The van der Waals surface area contributed by atoms with Crippen molar-refractivity contribution in [2.24, 2.45) is 0 Å². The number of rotatable bonds is 3. The van der Waals surface area contributed by atoms with Gasteiger partial charge in [0.05, 0.1) is 12.0 Å². The first-order valence-corrected chi connectivity index (χ1v) is 9.39. The Balaban J connectivity index is 1.48. The van der Waals surface area contributed by atoms with Gasteiger partial charge in [-0.25, -0.2) is 0 Å². The average molecular weight is 402 g/mol. The van der Waals surface area contributed by atoms with Crippen molar-refractivity contribution in [1.29, 1.82) is 0 Å². The lowest BCUT2D eigenvalue weighted by Crippen LogP contribution is -2.31. The number of fused-ring (bicyclic) bond motifs is 2. The van der Waals surface area contributed by atoms with Crippen LogP contribution in [0.4, 0.5) is 0 Å². The predicted octanol–water partition coefficient (Wildman–Crippen LogP) is 4.13. The second-order valence-electron chi connectivity index (χ2n) is 6.57. The molecule has 1 aliphatic heterocycles. The number of ether oxygens (including phenoxy) is 2. The van der Waals surface area contributed by atoms with Crippen LogP contribution in [0.2, 0.25) is 0 Å². The summed E-state index contributed by atoms with van der Waals surface area (Å²) in [5.41, 5.74) is 3.48. The summed E-state index contributed by atoms with van der Waals surface area (Å²) in [6.07, 6.45) is 1.95. The zero-order valence-corrected chi connectivity index (χ0v) is 15.6. The molecule has 2 unspecified atom stereocenters. The zero-order chi connectivity index (χ0) is 17.4. The summed E-state index contributed by atoms with van der Waals surface area (Å²) < 4.78 is 12.3. The first-order valence-electron chi connectivity index (χ1n) is 8.60. The minimum atomic E-state index is -0.240. The summed E-state index contributed by atoms with van der Waals surface area (Å²) in [5.74, 6) is 1.27. The Kier molecular flexibility index (Phi) is 4.42. The van der Waals surface area contributed by atoms with Crippen LogP contribution in [0.25, 0.3) is 0 Å². The third-order valence-corrected chi connectivity index (χ3v) is 5.45. The number of aryl methyl sites for hydroxylation is 1. The van der Waals surface area contributed by atoms with Crippen LogP contribution in [-0.4, -0.2) is 19.1 Å². The van der Waals surface area contributed by atoms with Gasteiger partial charge in [0.25, 0.3) is 0 Å². The lowest BCUT2D eigenvalue weighted by Gasteiger charge is -2.21. The fourth-order valence-corrected chi connectivity index (χ4v) is 3.92. The van der Waals surface area contributed by atoms with E-state index in [1.165, 1.54) is 11.1 Å². The summed E-state index contributed by atoms with van der Waals surface area (Å²) in [6.45, 7) is 3.04. The van der Waals surface area contributed by atoms with Crippen LogP contribution in [0.5, 0.6) is 11.5 Å². The minimum absolute atomic E-state index is 0.0393. The smallest absolute Gasteiger partial charge is 0.227 e. The molecule has 4 rings (SSSR count). The number of hydrogen-bond donors (Lipinski definition) is 1. The maximum absolute atomic E-state index is 12.8. The third kappa shape index (κ3) is 3.25. The number of amides is 1. The number of carbonyl (C=O) groups is 1. The highest BCUT2D eigenvalue weighted by Crippen LogP contribution is 2.35. The topological polar surface area (TPSA) is 47.6 Å². The molecule has 25 heavy (non-hydrogen) atoms. The van der Waals surface area contributed by atoms with E-state index in [0.29, 0.717) is 13.2 Å². The fraction of sp³-hybridized carbons (Fsp3) is 0.350. The monoisotopic (exact) mass is 401 g/mol. The molecule has 1 N–H and O–H groups in total. The van der Waals surface area contributed by atoms with Gasteiger partial charge in [-0.05, 0) is 60.7 Å². The van der Waals surface area contributed by atoms with Gasteiger partial charge in [-0.1, -0.05) is 28.1 Å². The maximum atomic E-state index is 12.8. The Morgan fingerprint density at radius 3 is 2.80 bits per heavy atom. The molecule has 0 radical (unpaired) electrons. The van der Waals surface area contributed by atoms with Gasteiger partial charge in [-0.15, -0.1) is 0 Å². The lowest BCUT2D eigenvalue weighted by atomic mass is 9.98. The molecule has 2 aromatic rings. The molecule has 2 aliphatic rings. The molecule has 0 bridgehead atoms. The average Bonchev–Trinajstić information content (AvgIpc) is 3.02. The maximum Gasteiger partial charge on any atom is 0.227 e.